The molecule has 0 spiro atoms. The predicted molar refractivity (Wildman–Crippen MR) is 84.7 cm³/mol. The summed E-state index contributed by atoms with van der Waals surface area (Å²) in [5.41, 5.74) is -0.433. The van der Waals surface area contributed by atoms with Crippen molar-refractivity contribution in [2.75, 3.05) is 19.8 Å². The molecule has 0 fully saturated rings. The van der Waals surface area contributed by atoms with E-state index in [2.05, 4.69) is 11.4 Å². The Bertz CT molecular complexity index is 456. The van der Waals surface area contributed by atoms with Gasteiger partial charge in [-0.05, 0) is 51.8 Å². The zero-order chi connectivity index (χ0) is 15.6. The second kappa shape index (κ2) is 9.25. The molecule has 1 aromatic rings. The summed E-state index contributed by atoms with van der Waals surface area (Å²) >= 11 is 0. The Labute approximate surface area is 128 Å². The van der Waals surface area contributed by atoms with Gasteiger partial charge in [0.1, 0.15) is 5.54 Å². The number of hydrogen-bond acceptors (Lipinski definition) is 4. The van der Waals surface area contributed by atoms with E-state index in [1.807, 2.05) is 45.0 Å². The minimum absolute atomic E-state index is 0.433. The van der Waals surface area contributed by atoms with Crippen molar-refractivity contribution in [3.63, 3.8) is 0 Å². The number of nitrogens with zero attached hydrogens (tertiary/aromatic N) is 1. The van der Waals surface area contributed by atoms with E-state index in [4.69, 9.17) is 9.47 Å². The van der Waals surface area contributed by atoms with Crippen LogP contribution >= 0.6 is 0 Å². The van der Waals surface area contributed by atoms with E-state index in [9.17, 15) is 5.26 Å². The Balaban J connectivity index is 2.33. The molecule has 116 valence electrons. The van der Waals surface area contributed by atoms with Crippen molar-refractivity contribution in [1.82, 2.24) is 5.32 Å². The molecule has 0 saturated heterocycles. The van der Waals surface area contributed by atoms with Crippen LogP contribution in [0.2, 0.25) is 0 Å². The lowest BCUT2D eigenvalue weighted by atomic mass is 9.97. The Morgan fingerprint density at radius 1 is 1.14 bits per heavy atom. The first kappa shape index (κ1) is 17.3. The highest BCUT2D eigenvalue weighted by Crippen LogP contribution is 2.26. The molecule has 1 N–H and O–H groups in total. The summed E-state index contributed by atoms with van der Waals surface area (Å²) in [6.45, 7) is 7.99. The molecule has 0 radical (unpaired) electrons. The number of para-hydroxylation sites is 2. The van der Waals surface area contributed by atoms with Crippen LogP contribution < -0.4 is 14.8 Å². The lowest BCUT2D eigenvalue weighted by Crippen LogP contribution is -2.40. The van der Waals surface area contributed by atoms with Gasteiger partial charge in [-0.3, -0.25) is 5.32 Å². The van der Waals surface area contributed by atoms with E-state index in [-0.39, 0.29) is 0 Å². The molecule has 1 aromatic carbocycles. The van der Waals surface area contributed by atoms with Crippen LogP contribution in [-0.2, 0) is 0 Å². The Morgan fingerprint density at radius 3 is 2.38 bits per heavy atom. The van der Waals surface area contributed by atoms with Gasteiger partial charge < -0.3 is 9.47 Å². The monoisotopic (exact) mass is 290 g/mol. The van der Waals surface area contributed by atoms with E-state index in [0.29, 0.717) is 13.2 Å². The molecule has 1 unspecified atom stereocenters. The number of hydrogen-bond donors (Lipinski definition) is 1. The molecule has 1 atom stereocenters. The fourth-order valence-electron chi connectivity index (χ4n) is 2.18. The zero-order valence-electron chi connectivity index (χ0n) is 13.3. The molecule has 21 heavy (non-hydrogen) atoms. The van der Waals surface area contributed by atoms with E-state index >= 15 is 0 Å². The van der Waals surface area contributed by atoms with Gasteiger partial charge in [0, 0.05) is 0 Å². The standard InChI is InChI=1S/C17H26N2O2/c1-4-19-17(3,14-18)12-8-9-13-21-16-11-7-6-10-15(16)20-5-2/h6-7,10-11,19H,4-5,8-9,12-13H2,1-3H3. The Kier molecular flexibility index (Phi) is 7.63. The average Bonchev–Trinajstić information content (AvgIpc) is 2.49. The number of nitriles is 1. The number of unbranched alkanes of at least 4 members (excludes halogenated alkanes) is 1. The van der Waals surface area contributed by atoms with Crippen LogP contribution in [0.15, 0.2) is 24.3 Å². The first-order chi connectivity index (χ1) is 10.1. The van der Waals surface area contributed by atoms with Crippen molar-refractivity contribution >= 4 is 0 Å². The van der Waals surface area contributed by atoms with Crippen LogP contribution in [0.25, 0.3) is 0 Å². The highest BCUT2D eigenvalue weighted by Gasteiger charge is 2.21. The van der Waals surface area contributed by atoms with Crippen LogP contribution in [-0.4, -0.2) is 25.3 Å². The van der Waals surface area contributed by atoms with Gasteiger partial charge in [-0.1, -0.05) is 19.1 Å². The van der Waals surface area contributed by atoms with E-state index < -0.39 is 5.54 Å². The van der Waals surface area contributed by atoms with Crippen molar-refractivity contribution < 1.29 is 9.47 Å². The summed E-state index contributed by atoms with van der Waals surface area (Å²) in [7, 11) is 0. The minimum atomic E-state index is -0.433. The summed E-state index contributed by atoms with van der Waals surface area (Å²) in [6.07, 6.45) is 2.70. The maximum atomic E-state index is 9.19. The minimum Gasteiger partial charge on any atom is -0.490 e. The maximum absolute atomic E-state index is 9.19. The third kappa shape index (κ3) is 6.05. The first-order valence-corrected chi connectivity index (χ1v) is 7.66. The van der Waals surface area contributed by atoms with Gasteiger partial charge in [-0.2, -0.15) is 5.26 Å². The molecular weight excluding hydrogens is 264 g/mol. The van der Waals surface area contributed by atoms with Crippen molar-refractivity contribution in [2.24, 2.45) is 0 Å². The fraction of sp³-hybridized carbons (Fsp3) is 0.588. The number of ether oxygens (including phenoxy) is 2. The van der Waals surface area contributed by atoms with E-state index in [1.165, 1.54) is 0 Å². The van der Waals surface area contributed by atoms with Crippen molar-refractivity contribution in [1.29, 1.82) is 5.26 Å². The van der Waals surface area contributed by atoms with Gasteiger partial charge in [0.05, 0.1) is 19.3 Å². The molecule has 0 aliphatic carbocycles. The summed E-state index contributed by atoms with van der Waals surface area (Å²) in [6, 6.07) is 10.1. The summed E-state index contributed by atoms with van der Waals surface area (Å²) in [4.78, 5) is 0. The lowest BCUT2D eigenvalue weighted by Gasteiger charge is -2.22. The molecule has 4 heteroatoms. The topological polar surface area (TPSA) is 54.3 Å². The SMILES string of the molecule is CCNC(C)(C#N)CCCCOc1ccccc1OCC. The predicted octanol–water partition coefficient (Wildman–Crippen LogP) is 3.53. The van der Waals surface area contributed by atoms with Crippen LogP contribution in [0.5, 0.6) is 11.5 Å². The smallest absolute Gasteiger partial charge is 0.161 e. The normalized spacial score (nSPS) is 13.2. The van der Waals surface area contributed by atoms with Crippen LogP contribution in [0, 0.1) is 11.3 Å². The van der Waals surface area contributed by atoms with Gasteiger partial charge >= 0.3 is 0 Å². The van der Waals surface area contributed by atoms with Crippen LogP contribution in [0.3, 0.4) is 0 Å². The largest absolute Gasteiger partial charge is 0.490 e. The fourth-order valence-corrected chi connectivity index (χ4v) is 2.18. The molecule has 0 amide bonds. The highest BCUT2D eigenvalue weighted by molar-refractivity contribution is 5.39. The second-order valence-electron chi connectivity index (χ2n) is 5.16. The van der Waals surface area contributed by atoms with Crippen molar-refractivity contribution in [3.05, 3.63) is 24.3 Å². The Morgan fingerprint density at radius 2 is 1.81 bits per heavy atom. The van der Waals surface area contributed by atoms with Gasteiger partial charge in [0.25, 0.3) is 0 Å². The second-order valence-corrected chi connectivity index (χ2v) is 5.16. The summed E-state index contributed by atoms with van der Waals surface area (Å²) in [5.74, 6) is 1.57. The van der Waals surface area contributed by atoms with E-state index in [0.717, 1.165) is 37.3 Å². The third-order valence-corrected chi connectivity index (χ3v) is 3.29. The molecule has 0 aliphatic rings. The molecule has 4 nitrogen and oxygen atoms in total. The molecule has 0 bridgehead atoms. The lowest BCUT2D eigenvalue weighted by molar-refractivity contribution is 0.266. The first-order valence-electron chi connectivity index (χ1n) is 7.66. The maximum Gasteiger partial charge on any atom is 0.161 e. The van der Waals surface area contributed by atoms with Crippen LogP contribution in [0.1, 0.15) is 40.0 Å². The van der Waals surface area contributed by atoms with Gasteiger partial charge in [-0.15, -0.1) is 0 Å². The van der Waals surface area contributed by atoms with E-state index in [1.54, 1.807) is 0 Å². The van der Waals surface area contributed by atoms with Crippen molar-refractivity contribution in [2.45, 2.75) is 45.6 Å². The summed E-state index contributed by atoms with van der Waals surface area (Å²) in [5, 5.41) is 12.4. The van der Waals surface area contributed by atoms with Gasteiger partial charge in [0.2, 0.25) is 0 Å². The Hall–Kier alpha value is -1.73. The highest BCUT2D eigenvalue weighted by atomic mass is 16.5. The number of nitrogens with one attached hydrogen (secondary N) is 1. The number of benzene rings is 1. The average molecular weight is 290 g/mol. The van der Waals surface area contributed by atoms with Crippen LogP contribution in [0.4, 0.5) is 0 Å². The van der Waals surface area contributed by atoms with Gasteiger partial charge in [-0.25, -0.2) is 0 Å². The zero-order valence-corrected chi connectivity index (χ0v) is 13.3. The summed E-state index contributed by atoms with van der Waals surface area (Å²) < 4.78 is 11.3. The molecule has 1 rings (SSSR count). The van der Waals surface area contributed by atoms with Crippen molar-refractivity contribution in [3.8, 4) is 17.6 Å². The molecule has 0 saturated carbocycles. The third-order valence-electron chi connectivity index (χ3n) is 3.29. The molecule has 0 aromatic heterocycles. The molecule has 0 heterocycles. The number of rotatable bonds is 10. The molecular formula is C17H26N2O2. The quantitative estimate of drug-likeness (QED) is 0.670. The van der Waals surface area contributed by atoms with Gasteiger partial charge in [0.15, 0.2) is 11.5 Å². The molecule has 0 aliphatic heterocycles.